The number of nitrogens with zero attached hydrogens (tertiary/aromatic N) is 1. The molecule has 5 nitrogen and oxygen atoms in total. The zero-order valence-corrected chi connectivity index (χ0v) is 10.7. The number of hydrogen-bond donors (Lipinski definition) is 1. The summed E-state index contributed by atoms with van der Waals surface area (Å²) in [4.78, 5) is 24.0. The maximum atomic E-state index is 11.3. The summed E-state index contributed by atoms with van der Waals surface area (Å²) in [6.07, 6.45) is 0. The Morgan fingerprint density at radius 1 is 1.28 bits per heavy atom. The van der Waals surface area contributed by atoms with Crippen LogP contribution in [0.3, 0.4) is 0 Å². The number of ether oxygens (including phenoxy) is 1. The minimum absolute atomic E-state index is 0.241. The molecule has 0 fully saturated rings. The van der Waals surface area contributed by atoms with Crippen LogP contribution >= 0.6 is 0 Å². The summed E-state index contributed by atoms with van der Waals surface area (Å²) in [5.74, 6) is -0.685. The predicted octanol–water partition coefficient (Wildman–Crippen LogP) is 0.780. The molecule has 0 radical (unpaired) electrons. The van der Waals surface area contributed by atoms with E-state index in [0.717, 1.165) is 5.56 Å². The van der Waals surface area contributed by atoms with Gasteiger partial charge in [0.25, 0.3) is 0 Å². The molecule has 2 N–H and O–H groups in total. The topological polar surface area (TPSA) is 72.6 Å². The highest BCUT2D eigenvalue weighted by Crippen LogP contribution is 2.06. The van der Waals surface area contributed by atoms with Gasteiger partial charge in [0, 0.05) is 12.1 Å². The molecule has 0 aliphatic rings. The van der Waals surface area contributed by atoms with Crippen molar-refractivity contribution in [3.8, 4) is 0 Å². The number of benzene rings is 1. The van der Waals surface area contributed by atoms with Gasteiger partial charge in [0.15, 0.2) is 0 Å². The van der Waals surface area contributed by atoms with Crippen molar-refractivity contribution in [2.75, 3.05) is 20.2 Å². The molecule has 0 heterocycles. The van der Waals surface area contributed by atoms with Crippen LogP contribution in [-0.2, 0) is 16.1 Å². The molecule has 1 amide bonds. The second-order valence-corrected chi connectivity index (χ2v) is 4.04. The van der Waals surface area contributed by atoms with E-state index in [1.54, 1.807) is 19.1 Å². The highest BCUT2D eigenvalue weighted by atomic mass is 16.5. The summed E-state index contributed by atoms with van der Waals surface area (Å²) in [5.41, 5.74) is 6.64. The summed E-state index contributed by atoms with van der Waals surface area (Å²) in [7, 11) is 1.83. The van der Waals surface area contributed by atoms with Crippen LogP contribution in [0.4, 0.5) is 0 Å². The van der Waals surface area contributed by atoms with E-state index in [2.05, 4.69) is 0 Å². The van der Waals surface area contributed by atoms with Crippen molar-refractivity contribution in [3.63, 3.8) is 0 Å². The molecule has 5 heteroatoms. The molecule has 0 aromatic heterocycles. The van der Waals surface area contributed by atoms with Gasteiger partial charge in [-0.3, -0.25) is 14.5 Å². The van der Waals surface area contributed by atoms with Crippen molar-refractivity contribution in [2.45, 2.75) is 13.5 Å². The van der Waals surface area contributed by atoms with Gasteiger partial charge >= 0.3 is 5.97 Å². The van der Waals surface area contributed by atoms with Crippen LogP contribution in [0.1, 0.15) is 22.8 Å². The van der Waals surface area contributed by atoms with Crippen LogP contribution in [-0.4, -0.2) is 37.0 Å². The lowest BCUT2D eigenvalue weighted by Gasteiger charge is -2.15. The Labute approximate surface area is 107 Å². The van der Waals surface area contributed by atoms with E-state index in [1.165, 1.54) is 0 Å². The Hall–Kier alpha value is -1.88. The standard InChI is InChI=1S/C13H18N2O3/c1-3-18-12(16)9-15(2)8-10-4-6-11(7-5-10)13(14)17/h4-7H,3,8-9H2,1-2H3,(H2,14,17). The summed E-state index contributed by atoms with van der Waals surface area (Å²) >= 11 is 0. The third-order valence-corrected chi connectivity index (χ3v) is 2.40. The molecule has 0 unspecified atom stereocenters. The number of likely N-dealkylation sites (N-methyl/N-ethyl adjacent to an activating group) is 1. The average Bonchev–Trinajstić information content (AvgIpc) is 2.29. The van der Waals surface area contributed by atoms with E-state index in [0.29, 0.717) is 18.7 Å². The number of esters is 1. The number of amides is 1. The number of primary amides is 1. The number of nitrogens with two attached hydrogens (primary N) is 1. The summed E-state index contributed by atoms with van der Waals surface area (Å²) < 4.78 is 4.86. The van der Waals surface area contributed by atoms with Crippen LogP contribution in [0.5, 0.6) is 0 Å². The van der Waals surface area contributed by atoms with E-state index in [9.17, 15) is 9.59 Å². The van der Waals surface area contributed by atoms with Gasteiger partial charge in [0.1, 0.15) is 0 Å². The van der Waals surface area contributed by atoms with Crippen LogP contribution in [0.2, 0.25) is 0 Å². The molecule has 0 atom stereocenters. The lowest BCUT2D eigenvalue weighted by Crippen LogP contribution is -2.27. The first-order chi connectivity index (χ1) is 8.52. The van der Waals surface area contributed by atoms with E-state index >= 15 is 0 Å². The van der Waals surface area contributed by atoms with Crippen molar-refractivity contribution in [3.05, 3.63) is 35.4 Å². The average molecular weight is 250 g/mol. The van der Waals surface area contributed by atoms with Crippen LogP contribution in [0.25, 0.3) is 0 Å². The molecule has 0 saturated heterocycles. The summed E-state index contributed by atoms with van der Waals surface area (Å²) in [6.45, 7) is 3.02. The molecule has 0 saturated carbocycles. The van der Waals surface area contributed by atoms with Gasteiger partial charge in [-0.2, -0.15) is 0 Å². The van der Waals surface area contributed by atoms with E-state index in [-0.39, 0.29) is 12.5 Å². The lowest BCUT2D eigenvalue weighted by atomic mass is 10.1. The van der Waals surface area contributed by atoms with Crippen LogP contribution in [0.15, 0.2) is 24.3 Å². The largest absolute Gasteiger partial charge is 0.465 e. The van der Waals surface area contributed by atoms with Crippen molar-refractivity contribution < 1.29 is 14.3 Å². The van der Waals surface area contributed by atoms with E-state index in [1.807, 2.05) is 24.1 Å². The van der Waals surface area contributed by atoms with Gasteiger partial charge in [-0.1, -0.05) is 12.1 Å². The van der Waals surface area contributed by atoms with Gasteiger partial charge in [-0.15, -0.1) is 0 Å². The lowest BCUT2D eigenvalue weighted by molar-refractivity contribution is -0.144. The molecule has 1 aromatic carbocycles. The van der Waals surface area contributed by atoms with E-state index < -0.39 is 5.91 Å². The second-order valence-electron chi connectivity index (χ2n) is 4.04. The summed E-state index contributed by atoms with van der Waals surface area (Å²) in [5, 5.41) is 0. The molecule has 1 rings (SSSR count). The molecule has 98 valence electrons. The molecule has 0 spiro atoms. The molecule has 0 bridgehead atoms. The molecule has 0 aliphatic heterocycles. The van der Waals surface area contributed by atoms with Crippen LogP contribution < -0.4 is 5.73 Å². The maximum absolute atomic E-state index is 11.3. The first-order valence-electron chi connectivity index (χ1n) is 5.75. The van der Waals surface area contributed by atoms with Gasteiger partial charge in [0.2, 0.25) is 5.91 Å². The second kappa shape index (κ2) is 6.76. The third-order valence-electron chi connectivity index (χ3n) is 2.40. The number of hydrogen-bond acceptors (Lipinski definition) is 4. The first kappa shape index (κ1) is 14.2. The first-order valence-corrected chi connectivity index (χ1v) is 5.75. The normalized spacial score (nSPS) is 10.4. The van der Waals surface area contributed by atoms with Gasteiger partial charge in [-0.05, 0) is 31.7 Å². The highest BCUT2D eigenvalue weighted by molar-refractivity contribution is 5.92. The Morgan fingerprint density at radius 3 is 2.39 bits per heavy atom. The zero-order chi connectivity index (χ0) is 13.5. The predicted molar refractivity (Wildman–Crippen MR) is 67.9 cm³/mol. The minimum Gasteiger partial charge on any atom is -0.465 e. The van der Waals surface area contributed by atoms with Crippen molar-refractivity contribution in [1.82, 2.24) is 4.90 Å². The van der Waals surface area contributed by atoms with Gasteiger partial charge in [-0.25, -0.2) is 0 Å². The minimum atomic E-state index is -0.443. The monoisotopic (exact) mass is 250 g/mol. The quantitative estimate of drug-likeness (QED) is 0.757. The highest BCUT2D eigenvalue weighted by Gasteiger charge is 2.08. The number of carbonyl (C=O) groups excluding carboxylic acids is 2. The fourth-order valence-corrected chi connectivity index (χ4v) is 1.57. The molecular weight excluding hydrogens is 232 g/mol. The molecular formula is C13H18N2O3. The van der Waals surface area contributed by atoms with Crippen molar-refractivity contribution >= 4 is 11.9 Å². The summed E-state index contributed by atoms with van der Waals surface area (Å²) in [6, 6.07) is 7.00. The molecule has 18 heavy (non-hydrogen) atoms. The van der Waals surface area contributed by atoms with Crippen molar-refractivity contribution in [1.29, 1.82) is 0 Å². The van der Waals surface area contributed by atoms with E-state index in [4.69, 9.17) is 10.5 Å². The molecule has 1 aromatic rings. The zero-order valence-electron chi connectivity index (χ0n) is 10.7. The smallest absolute Gasteiger partial charge is 0.320 e. The Balaban J connectivity index is 2.51. The van der Waals surface area contributed by atoms with Gasteiger partial charge < -0.3 is 10.5 Å². The Morgan fingerprint density at radius 2 is 1.89 bits per heavy atom. The number of carbonyl (C=O) groups is 2. The maximum Gasteiger partial charge on any atom is 0.320 e. The third kappa shape index (κ3) is 4.55. The fourth-order valence-electron chi connectivity index (χ4n) is 1.57. The van der Waals surface area contributed by atoms with Crippen LogP contribution in [0, 0.1) is 0 Å². The fraction of sp³-hybridized carbons (Fsp3) is 0.385. The Bertz CT molecular complexity index is 415. The molecule has 0 aliphatic carbocycles. The SMILES string of the molecule is CCOC(=O)CN(C)Cc1ccc(C(N)=O)cc1. The Kier molecular flexibility index (Phi) is 5.32. The van der Waals surface area contributed by atoms with Crippen molar-refractivity contribution in [2.24, 2.45) is 5.73 Å². The number of rotatable bonds is 6. The van der Waals surface area contributed by atoms with Gasteiger partial charge in [0.05, 0.1) is 13.2 Å².